The van der Waals surface area contributed by atoms with Crippen molar-refractivity contribution in [2.75, 3.05) is 0 Å². The van der Waals surface area contributed by atoms with Crippen molar-refractivity contribution in [3.63, 3.8) is 0 Å². The van der Waals surface area contributed by atoms with Gasteiger partial charge in [0.15, 0.2) is 0 Å². The molecule has 1 saturated carbocycles. The van der Waals surface area contributed by atoms with Crippen molar-refractivity contribution in [1.29, 1.82) is 0 Å². The number of phenols is 2. The van der Waals surface area contributed by atoms with E-state index in [-0.39, 0.29) is 10.8 Å². The summed E-state index contributed by atoms with van der Waals surface area (Å²) in [6.07, 6.45) is 4.61. The predicted molar refractivity (Wildman–Crippen MR) is 89.2 cm³/mol. The summed E-state index contributed by atoms with van der Waals surface area (Å²) in [6.45, 7) is 4.67. The van der Waals surface area contributed by atoms with Crippen molar-refractivity contribution in [2.24, 2.45) is 5.41 Å². The number of phenolic OH excluding ortho intramolecular Hbond substituents is 2. The highest BCUT2D eigenvalue weighted by molar-refractivity contribution is 5.43. The van der Waals surface area contributed by atoms with Gasteiger partial charge in [-0.2, -0.15) is 0 Å². The number of hydrogen-bond donors (Lipinski definition) is 2. The van der Waals surface area contributed by atoms with E-state index in [9.17, 15) is 10.2 Å². The third kappa shape index (κ3) is 2.70. The maximum absolute atomic E-state index is 9.62. The van der Waals surface area contributed by atoms with E-state index in [1.165, 1.54) is 24.0 Å². The molecule has 0 saturated heterocycles. The molecule has 2 N–H and O–H groups in total. The smallest absolute Gasteiger partial charge is 0.115 e. The molecule has 0 aromatic heterocycles. The fourth-order valence-corrected chi connectivity index (χ4v) is 4.08. The van der Waals surface area contributed by atoms with Gasteiger partial charge in [-0.15, -0.1) is 0 Å². The number of benzene rings is 2. The molecule has 1 fully saturated rings. The Bertz CT molecular complexity index is 593. The van der Waals surface area contributed by atoms with Crippen LogP contribution in [0.3, 0.4) is 0 Å². The molecule has 0 radical (unpaired) electrons. The van der Waals surface area contributed by atoms with E-state index in [0.717, 1.165) is 12.8 Å². The molecule has 1 aliphatic carbocycles. The Labute approximate surface area is 132 Å². The summed E-state index contributed by atoms with van der Waals surface area (Å²) in [5.41, 5.74) is 2.75. The summed E-state index contributed by atoms with van der Waals surface area (Å²) in [6, 6.07) is 15.3. The first kappa shape index (κ1) is 15.0. The van der Waals surface area contributed by atoms with Crippen LogP contribution >= 0.6 is 0 Å². The first-order valence-electron chi connectivity index (χ1n) is 8.00. The van der Waals surface area contributed by atoms with Gasteiger partial charge >= 0.3 is 0 Å². The standard InChI is InChI=1S/C20H24O2/c1-19(2)12-3-13-20(14-19,15-4-8-17(21)9-5-15)16-6-10-18(22)11-7-16/h4-11,21-22H,3,12-14H2,1-2H3. The van der Waals surface area contributed by atoms with Gasteiger partial charge < -0.3 is 10.2 Å². The van der Waals surface area contributed by atoms with Gasteiger partial charge in [0.05, 0.1) is 0 Å². The second-order valence-electron chi connectivity index (χ2n) is 7.37. The lowest BCUT2D eigenvalue weighted by Gasteiger charge is -2.46. The SMILES string of the molecule is CC1(C)CCCC(c2ccc(O)cc2)(c2ccc(O)cc2)C1. The molecule has 116 valence electrons. The third-order valence-electron chi connectivity index (χ3n) is 5.08. The lowest BCUT2D eigenvalue weighted by molar-refractivity contribution is 0.173. The van der Waals surface area contributed by atoms with Gasteiger partial charge in [0.1, 0.15) is 11.5 Å². The van der Waals surface area contributed by atoms with E-state index < -0.39 is 0 Å². The van der Waals surface area contributed by atoms with E-state index >= 15 is 0 Å². The lowest BCUT2D eigenvalue weighted by atomic mass is 9.58. The molecule has 0 amide bonds. The molecular formula is C20H24O2. The summed E-state index contributed by atoms with van der Waals surface area (Å²) < 4.78 is 0. The lowest BCUT2D eigenvalue weighted by Crippen LogP contribution is -2.37. The van der Waals surface area contributed by atoms with Gasteiger partial charge in [0.25, 0.3) is 0 Å². The third-order valence-corrected chi connectivity index (χ3v) is 5.08. The maximum Gasteiger partial charge on any atom is 0.115 e. The fraction of sp³-hybridized carbons (Fsp3) is 0.400. The van der Waals surface area contributed by atoms with Crippen LogP contribution in [-0.2, 0) is 5.41 Å². The second-order valence-corrected chi connectivity index (χ2v) is 7.37. The molecule has 0 heterocycles. The molecular weight excluding hydrogens is 272 g/mol. The zero-order chi connectivity index (χ0) is 15.8. The Morgan fingerprint density at radius 2 is 1.18 bits per heavy atom. The predicted octanol–water partition coefficient (Wildman–Crippen LogP) is 4.98. The van der Waals surface area contributed by atoms with Crippen molar-refractivity contribution < 1.29 is 10.2 Å². The zero-order valence-corrected chi connectivity index (χ0v) is 13.3. The number of rotatable bonds is 2. The van der Waals surface area contributed by atoms with Crippen LogP contribution in [0.2, 0.25) is 0 Å². The van der Waals surface area contributed by atoms with Crippen LogP contribution in [0.4, 0.5) is 0 Å². The molecule has 2 aromatic rings. The van der Waals surface area contributed by atoms with Crippen molar-refractivity contribution in [1.82, 2.24) is 0 Å². The van der Waals surface area contributed by atoms with Crippen molar-refractivity contribution in [3.8, 4) is 11.5 Å². The van der Waals surface area contributed by atoms with Crippen molar-refractivity contribution in [3.05, 3.63) is 59.7 Å². The van der Waals surface area contributed by atoms with Crippen LogP contribution in [0.1, 0.15) is 50.7 Å². The van der Waals surface area contributed by atoms with Gasteiger partial charge in [-0.05, 0) is 60.1 Å². The Morgan fingerprint density at radius 1 is 0.727 bits per heavy atom. The average Bonchev–Trinajstić information content (AvgIpc) is 2.47. The van der Waals surface area contributed by atoms with Crippen molar-refractivity contribution in [2.45, 2.75) is 44.9 Å². The van der Waals surface area contributed by atoms with Crippen LogP contribution in [-0.4, -0.2) is 10.2 Å². The monoisotopic (exact) mass is 296 g/mol. The summed E-state index contributed by atoms with van der Waals surface area (Å²) >= 11 is 0. The summed E-state index contributed by atoms with van der Waals surface area (Å²) in [5, 5.41) is 19.2. The Balaban J connectivity index is 2.13. The first-order chi connectivity index (χ1) is 10.4. The van der Waals surface area contributed by atoms with Crippen LogP contribution in [0.25, 0.3) is 0 Å². The minimum absolute atomic E-state index is 0.0385. The Hall–Kier alpha value is -1.96. The van der Waals surface area contributed by atoms with Gasteiger partial charge in [-0.1, -0.05) is 44.5 Å². The van der Waals surface area contributed by atoms with E-state index in [2.05, 4.69) is 13.8 Å². The van der Waals surface area contributed by atoms with E-state index in [1.54, 1.807) is 24.3 Å². The molecule has 0 atom stereocenters. The van der Waals surface area contributed by atoms with Crippen molar-refractivity contribution >= 4 is 0 Å². The molecule has 3 rings (SSSR count). The van der Waals surface area contributed by atoms with E-state index in [4.69, 9.17) is 0 Å². The minimum Gasteiger partial charge on any atom is -0.508 e. The second kappa shape index (κ2) is 5.35. The molecule has 1 aliphatic rings. The normalized spacial score (nSPS) is 19.7. The summed E-state index contributed by atoms with van der Waals surface area (Å²) in [5.74, 6) is 0.611. The first-order valence-corrected chi connectivity index (χ1v) is 8.00. The highest BCUT2D eigenvalue weighted by atomic mass is 16.3. The zero-order valence-electron chi connectivity index (χ0n) is 13.3. The molecule has 2 nitrogen and oxygen atoms in total. The molecule has 0 aliphatic heterocycles. The van der Waals surface area contributed by atoms with Gasteiger partial charge in [-0.25, -0.2) is 0 Å². The Morgan fingerprint density at radius 3 is 1.59 bits per heavy atom. The van der Waals surface area contributed by atoms with Gasteiger partial charge in [-0.3, -0.25) is 0 Å². The molecule has 0 bridgehead atoms. The largest absolute Gasteiger partial charge is 0.508 e. The highest BCUT2D eigenvalue weighted by Gasteiger charge is 2.42. The van der Waals surface area contributed by atoms with Gasteiger partial charge in [0.2, 0.25) is 0 Å². The molecule has 2 heteroatoms. The quantitative estimate of drug-likeness (QED) is 0.820. The average molecular weight is 296 g/mol. The van der Waals surface area contributed by atoms with Crippen LogP contribution < -0.4 is 0 Å². The topological polar surface area (TPSA) is 40.5 Å². The number of hydrogen-bond acceptors (Lipinski definition) is 2. The van der Waals surface area contributed by atoms with E-state index in [0.29, 0.717) is 11.5 Å². The molecule has 0 spiro atoms. The van der Waals surface area contributed by atoms with Gasteiger partial charge in [0, 0.05) is 5.41 Å². The molecule has 22 heavy (non-hydrogen) atoms. The number of aromatic hydroxyl groups is 2. The Kier molecular flexibility index (Phi) is 3.64. The maximum atomic E-state index is 9.62. The summed E-state index contributed by atoms with van der Waals surface area (Å²) in [4.78, 5) is 0. The fourth-order valence-electron chi connectivity index (χ4n) is 4.08. The molecule has 2 aromatic carbocycles. The minimum atomic E-state index is -0.0385. The highest BCUT2D eigenvalue weighted by Crippen LogP contribution is 2.51. The van der Waals surface area contributed by atoms with Crippen LogP contribution in [0, 0.1) is 5.41 Å². The molecule has 0 unspecified atom stereocenters. The van der Waals surface area contributed by atoms with Crippen LogP contribution in [0.5, 0.6) is 11.5 Å². The van der Waals surface area contributed by atoms with E-state index in [1.807, 2.05) is 24.3 Å². The summed E-state index contributed by atoms with van der Waals surface area (Å²) in [7, 11) is 0. The van der Waals surface area contributed by atoms with Crippen LogP contribution in [0.15, 0.2) is 48.5 Å².